The number of urea groups is 1. The number of nitrogens with zero attached hydrogens (tertiary/aromatic N) is 2. The number of carbonyl (C=O) groups excluding carboxylic acids is 2. The molecule has 8 nitrogen and oxygen atoms in total. The molecule has 5 aliphatic rings. The fourth-order valence-corrected chi connectivity index (χ4v) is 5.85. The third-order valence-corrected chi connectivity index (χ3v) is 8.07. The predicted octanol–water partition coefficient (Wildman–Crippen LogP) is 3.52. The number of fused-ring (bicyclic) bond motifs is 1. The molecule has 0 aromatic heterocycles. The molecular weight excluding hydrogens is 463 g/mol. The van der Waals surface area contributed by atoms with Crippen molar-refractivity contribution < 1.29 is 23.5 Å². The van der Waals surface area contributed by atoms with E-state index in [9.17, 15) is 14.0 Å². The Balaban J connectivity index is 1.18. The van der Waals surface area contributed by atoms with E-state index in [1.165, 1.54) is 6.07 Å². The number of nitrogens with one attached hydrogen (secondary N) is 2. The first-order valence-electron chi connectivity index (χ1n) is 12.6. The lowest BCUT2D eigenvalue weighted by Gasteiger charge is -2.41. The zero-order chi connectivity index (χ0) is 25.0. The maximum absolute atomic E-state index is 14.4. The fourth-order valence-electron chi connectivity index (χ4n) is 5.85. The molecule has 190 valence electrons. The van der Waals surface area contributed by atoms with Crippen LogP contribution in [0, 0.1) is 11.7 Å². The van der Waals surface area contributed by atoms with Gasteiger partial charge in [-0.3, -0.25) is 4.79 Å². The molecule has 3 amide bonds. The minimum atomic E-state index is -0.621. The average molecular weight is 495 g/mol. The average Bonchev–Trinajstić information content (AvgIpc) is 3.48. The highest BCUT2D eigenvalue weighted by atomic mass is 19.1. The monoisotopic (exact) mass is 494 g/mol. The van der Waals surface area contributed by atoms with Crippen molar-refractivity contribution in [2.75, 3.05) is 18.9 Å². The van der Waals surface area contributed by atoms with Gasteiger partial charge in [0.05, 0.1) is 6.54 Å². The van der Waals surface area contributed by atoms with E-state index < -0.39 is 12.0 Å². The Morgan fingerprint density at radius 3 is 2.81 bits per heavy atom. The van der Waals surface area contributed by atoms with E-state index in [1.807, 2.05) is 28.0 Å². The molecule has 0 radical (unpaired) electrons. The zero-order valence-electron chi connectivity index (χ0n) is 20.5. The molecule has 2 aromatic rings. The molecule has 4 fully saturated rings. The Morgan fingerprint density at radius 1 is 1.25 bits per heavy atom. The molecule has 3 saturated heterocycles. The second-order valence-corrected chi connectivity index (χ2v) is 10.2. The second kappa shape index (κ2) is 8.83. The lowest BCUT2D eigenvalue weighted by atomic mass is 9.93. The maximum Gasteiger partial charge on any atom is 0.318 e. The highest BCUT2D eigenvalue weighted by molar-refractivity contribution is 5.89. The summed E-state index contributed by atoms with van der Waals surface area (Å²) in [5.41, 5.74) is 2.78. The first-order chi connectivity index (χ1) is 17.4. The van der Waals surface area contributed by atoms with Crippen molar-refractivity contribution in [2.24, 2.45) is 5.92 Å². The SMILES string of the molecule is CNC(=O)Nc1ccc2c(c1)CC[C@@]21OC2OC1N2CC(=O)N(Cc1ccccc1F)[C@@H](C)C1CC1. The molecule has 7 rings (SSSR count). The molecule has 3 heterocycles. The molecule has 36 heavy (non-hydrogen) atoms. The van der Waals surface area contributed by atoms with Crippen LogP contribution in [0.15, 0.2) is 42.5 Å². The highest BCUT2D eigenvalue weighted by Crippen LogP contribution is 2.56. The van der Waals surface area contributed by atoms with Crippen LogP contribution in [0.4, 0.5) is 14.9 Å². The van der Waals surface area contributed by atoms with Gasteiger partial charge >= 0.3 is 6.03 Å². The van der Waals surface area contributed by atoms with E-state index in [2.05, 4.69) is 17.6 Å². The standard InChI is InChI=1S/C27H31FN4O4/c1-16(17-7-8-17)31(14-19-5-3-4-6-22(19)28)23(33)15-32-24-27(36-26(32)35-24)12-11-18-13-20(9-10-21(18)27)30-25(34)29-2/h3-6,9-10,13,16-17,24,26H,7-8,11-12,14-15H2,1-2H3,(H2,29,30,34)/t16-,24?,26?,27+/m0/s1. The van der Waals surface area contributed by atoms with E-state index in [0.29, 0.717) is 11.5 Å². The Labute approximate surface area is 209 Å². The van der Waals surface area contributed by atoms with Crippen LogP contribution >= 0.6 is 0 Å². The van der Waals surface area contributed by atoms with E-state index in [0.717, 1.165) is 42.5 Å². The fraction of sp³-hybridized carbons (Fsp3) is 0.481. The molecule has 2 unspecified atom stereocenters. The normalized spacial score (nSPS) is 26.9. The van der Waals surface area contributed by atoms with Crippen LogP contribution in [0.3, 0.4) is 0 Å². The van der Waals surface area contributed by atoms with E-state index >= 15 is 0 Å². The third kappa shape index (κ3) is 3.86. The van der Waals surface area contributed by atoms with Gasteiger partial charge in [-0.2, -0.15) is 0 Å². The molecule has 1 spiro atoms. The second-order valence-electron chi connectivity index (χ2n) is 10.2. The van der Waals surface area contributed by atoms with Crippen LogP contribution < -0.4 is 10.6 Å². The molecule has 4 atom stereocenters. The summed E-state index contributed by atoms with van der Waals surface area (Å²) < 4.78 is 26.8. The van der Waals surface area contributed by atoms with E-state index in [1.54, 1.807) is 25.2 Å². The molecule has 9 heteroatoms. The van der Waals surface area contributed by atoms with Gasteiger partial charge in [-0.25, -0.2) is 14.1 Å². The Morgan fingerprint density at radius 2 is 2.06 bits per heavy atom. The summed E-state index contributed by atoms with van der Waals surface area (Å²) in [6.45, 7) is 2.48. The van der Waals surface area contributed by atoms with Crippen LogP contribution in [0.2, 0.25) is 0 Å². The summed E-state index contributed by atoms with van der Waals surface area (Å²) in [6, 6.07) is 12.2. The number of aryl methyl sites for hydroxylation is 1. The van der Waals surface area contributed by atoms with Crippen LogP contribution in [0.5, 0.6) is 0 Å². The smallest absolute Gasteiger partial charge is 0.318 e. The summed E-state index contributed by atoms with van der Waals surface area (Å²) in [5.74, 6) is 0.132. The molecule has 2 aliphatic carbocycles. The first-order valence-corrected chi connectivity index (χ1v) is 12.6. The number of hydrogen-bond acceptors (Lipinski definition) is 5. The minimum Gasteiger partial charge on any atom is -0.341 e. The van der Waals surface area contributed by atoms with Crippen LogP contribution in [0.1, 0.15) is 42.9 Å². The van der Waals surface area contributed by atoms with Crippen molar-refractivity contribution in [3.8, 4) is 0 Å². The Bertz CT molecular complexity index is 1200. The number of carbonyl (C=O) groups is 2. The van der Waals surface area contributed by atoms with Gasteiger partial charge in [0.25, 0.3) is 0 Å². The number of amides is 3. The van der Waals surface area contributed by atoms with Crippen LogP contribution in [-0.4, -0.2) is 54.0 Å². The van der Waals surface area contributed by atoms with Crippen molar-refractivity contribution in [1.29, 1.82) is 0 Å². The summed E-state index contributed by atoms with van der Waals surface area (Å²) >= 11 is 0. The summed E-state index contributed by atoms with van der Waals surface area (Å²) in [5, 5.41) is 5.36. The summed E-state index contributed by atoms with van der Waals surface area (Å²) in [4.78, 5) is 29.1. The largest absolute Gasteiger partial charge is 0.341 e. The number of ether oxygens (including phenoxy) is 2. The maximum atomic E-state index is 14.4. The van der Waals surface area contributed by atoms with Crippen molar-refractivity contribution >= 4 is 17.6 Å². The quantitative estimate of drug-likeness (QED) is 0.616. The zero-order valence-corrected chi connectivity index (χ0v) is 20.5. The first kappa shape index (κ1) is 23.4. The van der Waals surface area contributed by atoms with Gasteiger partial charge in [-0.15, -0.1) is 0 Å². The number of hydrogen-bond donors (Lipinski definition) is 2. The Kier molecular flexibility index (Phi) is 5.74. The number of halogens is 1. The van der Waals surface area contributed by atoms with Crippen LogP contribution in [-0.2, 0) is 32.8 Å². The van der Waals surface area contributed by atoms with Gasteiger partial charge < -0.3 is 25.0 Å². The van der Waals surface area contributed by atoms with Gasteiger partial charge in [-0.05, 0) is 67.9 Å². The number of benzene rings is 2. The van der Waals surface area contributed by atoms with Gasteiger partial charge in [0, 0.05) is 30.9 Å². The van der Waals surface area contributed by atoms with Gasteiger partial charge in [0.15, 0.2) is 6.23 Å². The number of rotatable bonds is 7. The van der Waals surface area contributed by atoms with Crippen LogP contribution in [0.25, 0.3) is 0 Å². The Hall–Kier alpha value is -3.01. The molecular formula is C27H31FN4O4. The van der Waals surface area contributed by atoms with Gasteiger partial charge in [0.1, 0.15) is 11.4 Å². The van der Waals surface area contributed by atoms with E-state index in [-0.39, 0.29) is 43.1 Å². The van der Waals surface area contributed by atoms with E-state index in [4.69, 9.17) is 9.47 Å². The lowest BCUT2D eigenvalue weighted by Crippen LogP contribution is -2.59. The summed E-state index contributed by atoms with van der Waals surface area (Å²) in [7, 11) is 1.58. The minimum absolute atomic E-state index is 0.0417. The predicted molar refractivity (Wildman–Crippen MR) is 130 cm³/mol. The van der Waals surface area contributed by atoms with Crippen molar-refractivity contribution in [2.45, 2.75) is 63.4 Å². The molecule has 2 aromatic carbocycles. The molecule has 2 N–H and O–H groups in total. The number of anilines is 1. The topological polar surface area (TPSA) is 83.1 Å². The van der Waals surface area contributed by atoms with Crippen molar-refractivity contribution in [3.05, 3.63) is 65.0 Å². The molecule has 1 saturated carbocycles. The van der Waals surface area contributed by atoms with Crippen molar-refractivity contribution in [3.63, 3.8) is 0 Å². The molecule has 2 bridgehead atoms. The molecule has 3 aliphatic heterocycles. The van der Waals surface area contributed by atoms with Crippen molar-refractivity contribution in [1.82, 2.24) is 15.1 Å². The third-order valence-electron chi connectivity index (χ3n) is 8.07. The highest BCUT2D eigenvalue weighted by Gasteiger charge is 2.66. The summed E-state index contributed by atoms with van der Waals surface area (Å²) in [6.07, 6.45) is 2.82. The lowest BCUT2D eigenvalue weighted by molar-refractivity contribution is -0.285. The van der Waals surface area contributed by atoms with Gasteiger partial charge in [-0.1, -0.05) is 24.3 Å². The van der Waals surface area contributed by atoms with Gasteiger partial charge in [0.2, 0.25) is 12.3 Å².